The third-order valence-electron chi connectivity index (χ3n) is 4.60. The molecule has 4 rings (SSSR count). The molecule has 1 N–H and O–H groups in total. The molecule has 0 amide bonds. The lowest BCUT2D eigenvalue weighted by molar-refractivity contribution is 0.886. The molecule has 2 aromatic rings. The molecule has 0 unspecified atom stereocenters. The molecule has 0 saturated heterocycles. The molecule has 0 radical (unpaired) electrons. The predicted octanol–water partition coefficient (Wildman–Crippen LogP) is 4.40. The topological polar surface area (TPSA) is 37.8 Å². The highest BCUT2D eigenvalue weighted by Gasteiger charge is 2.22. The molecular formula is C16H21N3S2. The summed E-state index contributed by atoms with van der Waals surface area (Å²) in [5.74, 6) is 3.00. The third kappa shape index (κ3) is 2.55. The summed E-state index contributed by atoms with van der Waals surface area (Å²) < 4.78 is 0. The molecule has 1 saturated carbocycles. The van der Waals surface area contributed by atoms with Gasteiger partial charge in [0.2, 0.25) is 0 Å². The van der Waals surface area contributed by atoms with Crippen LogP contribution in [0, 0.1) is 0 Å². The Labute approximate surface area is 134 Å². The smallest absolute Gasteiger partial charge is 0.142 e. The standard InChI is InChI=1S/C16H21N3S2/c1-17-15-14-11-7-4-8-12(11)21-16(14)19-13(18-15)9-20-10-5-2-3-6-10/h10H,2-9H2,1H3,(H,17,18,19). The molecule has 1 fully saturated rings. The van der Waals surface area contributed by atoms with Gasteiger partial charge in [0, 0.05) is 17.2 Å². The van der Waals surface area contributed by atoms with E-state index in [-0.39, 0.29) is 0 Å². The zero-order valence-electron chi connectivity index (χ0n) is 12.4. The summed E-state index contributed by atoms with van der Waals surface area (Å²) in [6, 6.07) is 0. The molecular weight excluding hydrogens is 298 g/mol. The summed E-state index contributed by atoms with van der Waals surface area (Å²) >= 11 is 3.94. The Morgan fingerprint density at radius 1 is 1.19 bits per heavy atom. The number of aromatic nitrogens is 2. The first kappa shape index (κ1) is 13.8. The van der Waals surface area contributed by atoms with Crippen molar-refractivity contribution in [2.75, 3.05) is 12.4 Å². The fraction of sp³-hybridized carbons (Fsp3) is 0.625. The fourth-order valence-electron chi connectivity index (χ4n) is 3.53. The Bertz CT molecular complexity index is 659. The van der Waals surface area contributed by atoms with Crippen molar-refractivity contribution in [2.24, 2.45) is 0 Å². The monoisotopic (exact) mass is 319 g/mol. The second kappa shape index (κ2) is 5.76. The van der Waals surface area contributed by atoms with Gasteiger partial charge in [-0.2, -0.15) is 11.8 Å². The van der Waals surface area contributed by atoms with Crippen molar-refractivity contribution in [2.45, 2.75) is 55.9 Å². The van der Waals surface area contributed by atoms with E-state index < -0.39 is 0 Å². The predicted molar refractivity (Wildman–Crippen MR) is 92.5 cm³/mol. The number of anilines is 1. The van der Waals surface area contributed by atoms with E-state index in [0.717, 1.165) is 22.6 Å². The lowest BCUT2D eigenvalue weighted by Crippen LogP contribution is -2.02. The van der Waals surface area contributed by atoms with Gasteiger partial charge in [0.25, 0.3) is 0 Å². The van der Waals surface area contributed by atoms with Crippen LogP contribution < -0.4 is 5.32 Å². The number of rotatable bonds is 4. The molecule has 3 nitrogen and oxygen atoms in total. The number of thiophene rings is 1. The van der Waals surface area contributed by atoms with Gasteiger partial charge in [-0.05, 0) is 37.7 Å². The fourth-order valence-corrected chi connectivity index (χ4v) is 5.99. The van der Waals surface area contributed by atoms with Crippen molar-refractivity contribution >= 4 is 39.1 Å². The van der Waals surface area contributed by atoms with Gasteiger partial charge in [-0.15, -0.1) is 11.3 Å². The zero-order chi connectivity index (χ0) is 14.2. The Balaban J connectivity index is 1.64. The number of aryl methyl sites for hydroxylation is 2. The summed E-state index contributed by atoms with van der Waals surface area (Å²) in [6.45, 7) is 0. The quantitative estimate of drug-likeness (QED) is 0.906. The summed E-state index contributed by atoms with van der Waals surface area (Å²) in [6.07, 6.45) is 9.26. The highest BCUT2D eigenvalue weighted by molar-refractivity contribution is 7.99. The van der Waals surface area contributed by atoms with Gasteiger partial charge in [-0.3, -0.25) is 0 Å². The van der Waals surface area contributed by atoms with Gasteiger partial charge in [0.15, 0.2) is 0 Å². The van der Waals surface area contributed by atoms with E-state index in [1.54, 1.807) is 0 Å². The van der Waals surface area contributed by atoms with Gasteiger partial charge in [0.1, 0.15) is 16.5 Å². The van der Waals surface area contributed by atoms with Crippen LogP contribution in [0.15, 0.2) is 0 Å². The molecule has 0 aromatic carbocycles. The molecule has 0 spiro atoms. The third-order valence-corrected chi connectivity index (χ3v) is 7.15. The molecule has 2 aromatic heterocycles. The normalized spacial score (nSPS) is 18.5. The van der Waals surface area contributed by atoms with Crippen molar-refractivity contribution in [3.63, 3.8) is 0 Å². The van der Waals surface area contributed by atoms with Crippen molar-refractivity contribution in [1.82, 2.24) is 9.97 Å². The first-order valence-electron chi connectivity index (χ1n) is 7.95. The summed E-state index contributed by atoms with van der Waals surface area (Å²) in [7, 11) is 1.98. The zero-order valence-corrected chi connectivity index (χ0v) is 14.1. The number of hydrogen-bond donors (Lipinski definition) is 1. The van der Waals surface area contributed by atoms with E-state index >= 15 is 0 Å². The first-order valence-corrected chi connectivity index (χ1v) is 9.82. The van der Waals surface area contributed by atoms with Crippen molar-refractivity contribution in [3.05, 3.63) is 16.3 Å². The molecule has 2 heterocycles. The van der Waals surface area contributed by atoms with Gasteiger partial charge in [-0.1, -0.05) is 12.8 Å². The van der Waals surface area contributed by atoms with Gasteiger partial charge in [0.05, 0.1) is 11.1 Å². The van der Waals surface area contributed by atoms with Crippen LogP contribution in [-0.2, 0) is 18.6 Å². The number of nitrogens with one attached hydrogen (secondary N) is 1. The van der Waals surface area contributed by atoms with E-state index in [4.69, 9.17) is 9.97 Å². The van der Waals surface area contributed by atoms with E-state index in [0.29, 0.717) is 0 Å². The maximum atomic E-state index is 4.85. The minimum absolute atomic E-state index is 0.829. The number of nitrogens with zero attached hydrogens (tertiary/aromatic N) is 2. The summed E-state index contributed by atoms with van der Waals surface area (Å²) in [5.41, 5.74) is 1.51. The highest BCUT2D eigenvalue weighted by atomic mass is 32.2. The molecule has 21 heavy (non-hydrogen) atoms. The molecule has 2 aliphatic carbocycles. The van der Waals surface area contributed by atoms with E-state index in [1.807, 2.05) is 30.1 Å². The van der Waals surface area contributed by atoms with Crippen molar-refractivity contribution < 1.29 is 0 Å². The SMILES string of the molecule is CNc1nc(CSC2CCCC2)nc2sc3c(c12)CCC3. The van der Waals surface area contributed by atoms with Crippen LogP contribution in [-0.4, -0.2) is 22.3 Å². The molecule has 2 aliphatic rings. The first-order chi connectivity index (χ1) is 10.3. The van der Waals surface area contributed by atoms with Crippen molar-refractivity contribution in [1.29, 1.82) is 0 Å². The Morgan fingerprint density at radius 2 is 2.05 bits per heavy atom. The molecule has 5 heteroatoms. The maximum Gasteiger partial charge on any atom is 0.142 e. The molecule has 0 atom stereocenters. The second-order valence-corrected chi connectivity index (χ2v) is 8.37. The van der Waals surface area contributed by atoms with Gasteiger partial charge < -0.3 is 5.32 Å². The van der Waals surface area contributed by atoms with Crippen LogP contribution >= 0.6 is 23.1 Å². The Hall–Kier alpha value is -0.810. The maximum absolute atomic E-state index is 4.85. The lowest BCUT2D eigenvalue weighted by atomic mass is 10.2. The van der Waals surface area contributed by atoms with E-state index in [1.165, 1.54) is 65.6 Å². The van der Waals surface area contributed by atoms with Crippen LogP contribution in [0.4, 0.5) is 5.82 Å². The van der Waals surface area contributed by atoms with Crippen LogP contribution in [0.3, 0.4) is 0 Å². The van der Waals surface area contributed by atoms with Crippen LogP contribution in [0.25, 0.3) is 10.2 Å². The number of hydrogen-bond acceptors (Lipinski definition) is 5. The second-order valence-electron chi connectivity index (χ2n) is 5.99. The number of fused-ring (bicyclic) bond motifs is 3. The van der Waals surface area contributed by atoms with Gasteiger partial charge in [-0.25, -0.2) is 9.97 Å². The van der Waals surface area contributed by atoms with Crippen LogP contribution in [0.2, 0.25) is 0 Å². The van der Waals surface area contributed by atoms with Crippen LogP contribution in [0.1, 0.15) is 48.4 Å². The Morgan fingerprint density at radius 3 is 2.86 bits per heavy atom. The van der Waals surface area contributed by atoms with Crippen LogP contribution in [0.5, 0.6) is 0 Å². The van der Waals surface area contributed by atoms with E-state index in [9.17, 15) is 0 Å². The summed E-state index contributed by atoms with van der Waals surface area (Å²) in [4.78, 5) is 12.4. The molecule has 112 valence electrons. The highest BCUT2D eigenvalue weighted by Crippen LogP contribution is 2.40. The average Bonchev–Trinajstić information content (AvgIpc) is 3.20. The minimum Gasteiger partial charge on any atom is -0.372 e. The molecule has 0 bridgehead atoms. The lowest BCUT2D eigenvalue weighted by Gasteiger charge is -2.09. The number of thioether (sulfide) groups is 1. The minimum atomic E-state index is 0.829. The largest absolute Gasteiger partial charge is 0.372 e. The summed E-state index contributed by atoms with van der Waals surface area (Å²) in [5, 5.41) is 5.43. The van der Waals surface area contributed by atoms with Crippen molar-refractivity contribution in [3.8, 4) is 0 Å². The van der Waals surface area contributed by atoms with Gasteiger partial charge >= 0.3 is 0 Å². The average molecular weight is 319 g/mol. The molecule has 0 aliphatic heterocycles. The van der Waals surface area contributed by atoms with E-state index in [2.05, 4.69) is 5.32 Å². The Kier molecular flexibility index (Phi) is 3.79.